The lowest BCUT2D eigenvalue weighted by molar-refractivity contribution is -0.148. The van der Waals surface area contributed by atoms with Gasteiger partial charge in [0, 0.05) is 19.1 Å². The number of nitrogens with zero attached hydrogens (tertiary/aromatic N) is 1. The Balaban J connectivity index is 1.90. The number of sulfonamides is 1. The van der Waals surface area contributed by atoms with Gasteiger partial charge in [-0.25, -0.2) is 13.1 Å². The number of rotatable bonds is 6. The Bertz CT molecular complexity index is 433. The van der Waals surface area contributed by atoms with Gasteiger partial charge in [0.1, 0.15) is 6.04 Å². The fraction of sp³-hybridized carbons (Fsp3) is 0.917. The highest BCUT2D eigenvalue weighted by atomic mass is 32.2. The highest BCUT2D eigenvalue weighted by Gasteiger charge is 2.39. The number of hydrogen-bond acceptors (Lipinski definition) is 5. The second-order valence-electron chi connectivity index (χ2n) is 5.27. The van der Waals surface area contributed by atoms with E-state index in [2.05, 4.69) is 4.72 Å². The largest absolute Gasteiger partial charge is 0.465 e. The summed E-state index contributed by atoms with van der Waals surface area (Å²) in [5.74, 6) is -0.282. The third-order valence-electron chi connectivity index (χ3n) is 3.70. The zero-order valence-electron chi connectivity index (χ0n) is 11.5. The molecule has 2 aliphatic rings. The Morgan fingerprint density at radius 3 is 2.68 bits per heavy atom. The molecule has 110 valence electrons. The van der Waals surface area contributed by atoms with Crippen molar-refractivity contribution >= 4 is 16.0 Å². The van der Waals surface area contributed by atoms with Gasteiger partial charge in [-0.2, -0.15) is 0 Å². The lowest BCUT2D eigenvalue weighted by atomic mass is 10.3. The summed E-state index contributed by atoms with van der Waals surface area (Å²) in [5.41, 5.74) is 0. The molecule has 0 radical (unpaired) electrons. The molecule has 7 heteroatoms. The lowest BCUT2D eigenvalue weighted by Gasteiger charge is -2.22. The minimum atomic E-state index is -3.24. The minimum Gasteiger partial charge on any atom is -0.465 e. The third-order valence-corrected chi connectivity index (χ3v) is 5.62. The van der Waals surface area contributed by atoms with E-state index in [0.717, 1.165) is 12.8 Å². The van der Waals surface area contributed by atoms with Gasteiger partial charge in [-0.05, 0) is 33.1 Å². The maximum atomic E-state index is 12.1. The number of nitrogens with one attached hydrogen (secondary N) is 1. The van der Waals surface area contributed by atoms with Crippen LogP contribution in [0.5, 0.6) is 0 Å². The van der Waals surface area contributed by atoms with Crippen molar-refractivity contribution in [1.29, 1.82) is 0 Å². The molecule has 1 aliphatic heterocycles. The smallest absolute Gasteiger partial charge is 0.323 e. The molecule has 2 atom stereocenters. The molecule has 0 aromatic carbocycles. The van der Waals surface area contributed by atoms with Crippen molar-refractivity contribution < 1.29 is 17.9 Å². The predicted molar refractivity (Wildman–Crippen MR) is 71.2 cm³/mol. The van der Waals surface area contributed by atoms with Gasteiger partial charge in [0.2, 0.25) is 10.0 Å². The van der Waals surface area contributed by atoms with Crippen molar-refractivity contribution in [2.75, 3.05) is 19.7 Å². The van der Waals surface area contributed by atoms with E-state index in [0.29, 0.717) is 26.1 Å². The predicted octanol–water partition coefficient (Wildman–Crippen LogP) is 0.0941. The van der Waals surface area contributed by atoms with Gasteiger partial charge in [-0.15, -0.1) is 0 Å². The minimum absolute atomic E-state index is 0.140. The van der Waals surface area contributed by atoms with Crippen LogP contribution >= 0.6 is 0 Å². The van der Waals surface area contributed by atoms with Gasteiger partial charge in [0.25, 0.3) is 0 Å². The average Bonchev–Trinajstić information content (AvgIpc) is 2.99. The quantitative estimate of drug-likeness (QED) is 0.702. The van der Waals surface area contributed by atoms with Crippen molar-refractivity contribution in [3.05, 3.63) is 0 Å². The van der Waals surface area contributed by atoms with Gasteiger partial charge in [0.15, 0.2) is 0 Å². The number of likely N-dealkylation sites (tertiary alicyclic amines) is 1. The maximum absolute atomic E-state index is 12.1. The molecule has 0 aromatic rings. The summed E-state index contributed by atoms with van der Waals surface area (Å²) in [7, 11) is -3.24. The molecule has 0 unspecified atom stereocenters. The van der Waals surface area contributed by atoms with Crippen molar-refractivity contribution in [1.82, 2.24) is 9.62 Å². The Labute approximate surface area is 114 Å². The summed E-state index contributed by atoms with van der Waals surface area (Å²) >= 11 is 0. The Hall–Kier alpha value is -0.660. The van der Waals surface area contributed by atoms with Crippen LogP contribution in [-0.2, 0) is 19.6 Å². The molecular weight excluding hydrogens is 268 g/mol. The zero-order chi connectivity index (χ0) is 14.0. The van der Waals surface area contributed by atoms with Gasteiger partial charge in [0.05, 0.1) is 11.9 Å². The topological polar surface area (TPSA) is 75.7 Å². The first-order valence-electron chi connectivity index (χ1n) is 6.86. The second kappa shape index (κ2) is 5.76. The Morgan fingerprint density at radius 1 is 1.42 bits per heavy atom. The molecule has 1 N–H and O–H groups in total. The fourth-order valence-corrected chi connectivity index (χ4v) is 4.00. The van der Waals surface area contributed by atoms with E-state index in [1.165, 1.54) is 0 Å². The van der Waals surface area contributed by atoms with E-state index < -0.39 is 15.3 Å². The van der Waals surface area contributed by atoms with E-state index in [1.807, 2.05) is 4.90 Å². The Kier molecular flexibility index (Phi) is 4.47. The summed E-state index contributed by atoms with van der Waals surface area (Å²) in [6, 6.07) is -0.234. The summed E-state index contributed by atoms with van der Waals surface area (Å²) < 4.78 is 31.9. The van der Waals surface area contributed by atoms with Gasteiger partial charge in [-0.1, -0.05) is 0 Å². The van der Waals surface area contributed by atoms with Crippen molar-refractivity contribution in [2.24, 2.45) is 0 Å². The van der Waals surface area contributed by atoms with Crippen molar-refractivity contribution in [2.45, 2.75) is 50.4 Å². The number of carbonyl (C=O) groups is 1. The van der Waals surface area contributed by atoms with Crippen molar-refractivity contribution in [3.63, 3.8) is 0 Å². The maximum Gasteiger partial charge on any atom is 0.323 e. The molecule has 2 rings (SSSR count). The first-order chi connectivity index (χ1) is 8.94. The van der Waals surface area contributed by atoms with Crippen LogP contribution in [0, 0.1) is 0 Å². The molecular formula is C12H22N2O4S. The summed E-state index contributed by atoms with van der Waals surface area (Å²) in [6.45, 7) is 4.91. The molecule has 1 aliphatic carbocycles. The van der Waals surface area contributed by atoms with Crippen LogP contribution in [0.2, 0.25) is 0 Å². The Morgan fingerprint density at radius 2 is 2.11 bits per heavy atom. The molecule has 0 bridgehead atoms. The highest BCUT2D eigenvalue weighted by Crippen LogP contribution is 2.24. The lowest BCUT2D eigenvalue weighted by Crippen LogP contribution is -2.42. The molecule has 0 aromatic heterocycles. The average molecular weight is 290 g/mol. The van der Waals surface area contributed by atoms with Crippen LogP contribution in [0.3, 0.4) is 0 Å². The van der Waals surface area contributed by atoms with E-state index >= 15 is 0 Å². The SMILES string of the molecule is CCOC(=O)[C@H](C)N1CC[C@H](S(=O)(=O)NC2CC2)C1. The molecule has 6 nitrogen and oxygen atoms in total. The second-order valence-corrected chi connectivity index (χ2v) is 7.26. The van der Waals surface area contributed by atoms with Gasteiger partial charge in [-0.3, -0.25) is 9.69 Å². The first kappa shape index (κ1) is 14.7. The molecule has 0 spiro atoms. The zero-order valence-corrected chi connectivity index (χ0v) is 12.3. The summed E-state index contributed by atoms with van der Waals surface area (Å²) in [5, 5.41) is -0.412. The summed E-state index contributed by atoms with van der Waals surface area (Å²) in [4.78, 5) is 13.5. The van der Waals surface area contributed by atoms with E-state index in [4.69, 9.17) is 4.74 Å². The molecule has 0 amide bonds. The standard InChI is InChI=1S/C12H22N2O4S/c1-3-18-12(15)9(2)14-7-6-11(8-14)19(16,17)13-10-4-5-10/h9-11,13H,3-8H2,1-2H3/t9-,11-/m0/s1. The first-order valence-corrected chi connectivity index (χ1v) is 8.40. The molecule has 2 fully saturated rings. The molecule has 1 saturated carbocycles. The van der Waals surface area contributed by atoms with E-state index in [-0.39, 0.29) is 18.1 Å². The van der Waals surface area contributed by atoms with Crippen LogP contribution in [0.15, 0.2) is 0 Å². The van der Waals surface area contributed by atoms with Crippen LogP contribution < -0.4 is 4.72 Å². The monoisotopic (exact) mass is 290 g/mol. The van der Waals surface area contributed by atoms with Crippen LogP contribution in [0.1, 0.15) is 33.1 Å². The highest BCUT2D eigenvalue weighted by molar-refractivity contribution is 7.90. The van der Waals surface area contributed by atoms with Crippen LogP contribution in [0.25, 0.3) is 0 Å². The van der Waals surface area contributed by atoms with Gasteiger partial charge >= 0.3 is 5.97 Å². The fourth-order valence-electron chi connectivity index (χ4n) is 2.30. The number of ether oxygens (including phenoxy) is 1. The third kappa shape index (κ3) is 3.67. The van der Waals surface area contributed by atoms with Crippen LogP contribution in [-0.4, -0.2) is 56.3 Å². The van der Waals surface area contributed by atoms with Crippen molar-refractivity contribution in [3.8, 4) is 0 Å². The summed E-state index contributed by atoms with van der Waals surface area (Å²) in [6.07, 6.45) is 2.45. The van der Waals surface area contributed by atoms with E-state index in [1.54, 1.807) is 13.8 Å². The normalized spacial score (nSPS) is 26.3. The number of hydrogen-bond donors (Lipinski definition) is 1. The van der Waals surface area contributed by atoms with Crippen LogP contribution in [0.4, 0.5) is 0 Å². The molecule has 1 heterocycles. The number of esters is 1. The number of carbonyl (C=O) groups excluding carboxylic acids is 1. The molecule has 1 saturated heterocycles. The van der Waals surface area contributed by atoms with E-state index in [9.17, 15) is 13.2 Å². The van der Waals surface area contributed by atoms with Gasteiger partial charge < -0.3 is 4.74 Å². The molecule has 19 heavy (non-hydrogen) atoms.